The Morgan fingerprint density at radius 1 is 1.50 bits per heavy atom. The van der Waals surface area contributed by atoms with E-state index >= 15 is 0 Å². The molecule has 0 amide bonds. The summed E-state index contributed by atoms with van der Waals surface area (Å²) < 4.78 is 11.5. The van der Waals surface area contributed by atoms with Gasteiger partial charge in [0.2, 0.25) is 0 Å². The Labute approximate surface area is 108 Å². The molecule has 0 heterocycles. The smallest absolute Gasteiger partial charge is 0.347 e. The van der Waals surface area contributed by atoms with Crippen LogP contribution in [-0.2, 0) is 9.53 Å². The van der Waals surface area contributed by atoms with E-state index in [0.717, 1.165) is 22.2 Å². The number of carbonyl (C=O) groups is 1. The molecule has 3 nitrogen and oxygen atoms in total. The van der Waals surface area contributed by atoms with Gasteiger partial charge >= 0.3 is 5.97 Å². The minimum Gasteiger partial charge on any atom is -0.478 e. The molecule has 0 saturated heterocycles. The van der Waals surface area contributed by atoms with Crippen LogP contribution in [0.1, 0.15) is 12.8 Å². The molecule has 0 aromatic heterocycles. The summed E-state index contributed by atoms with van der Waals surface area (Å²) >= 11 is 2.22. The number of halogens is 1. The first kappa shape index (κ1) is 11.7. The van der Waals surface area contributed by atoms with Gasteiger partial charge in [0.25, 0.3) is 0 Å². The summed E-state index contributed by atoms with van der Waals surface area (Å²) in [5.74, 6) is 0.779. The molecular formula is C12H13IO3. The summed E-state index contributed by atoms with van der Waals surface area (Å²) in [6.07, 6.45) is 1.65. The maximum atomic E-state index is 11.5. The van der Waals surface area contributed by atoms with Crippen molar-refractivity contribution in [1.82, 2.24) is 0 Å². The van der Waals surface area contributed by atoms with E-state index in [4.69, 9.17) is 9.47 Å². The number of hydrogen-bond acceptors (Lipinski definition) is 3. The lowest BCUT2D eigenvalue weighted by molar-refractivity contribution is -0.149. The average Bonchev–Trinajstić information content (AvgIpc) is 3.09. The molecule has 1 aromatic carbocycles. The zero-order valence-corrected chi connectivity index (χ0v) is 11.1. The van der Waals surface area contributed by atoms with E-state index < -0.39 is 6.10 Å². The Kier molecular flexibility index (Phi) is 3.68. The lowest BCUT2D eigenvalue weighted by Crippen LogP contribution is -2.30. The third kappa shape index (κ3) is 2.87. The largest absolute Gasteiger partial charge is 0.478 e. The zero-order chi connectivity index (χ0) is 11.5. The topological polar surface area (TPSA) is 35.5 Å². The van der Waals surface area contributed by atoms with E-state index in [1.807, 2.05) is 24.3 Å². The van der Waals surface area contributed by atoms with Crippen molar-refractivity contribution >= 4 is 28.6 Å². The fraction of sp³-hybridized carbons (Fsp3) is 0.417. The van der Waals surface area contributed by atoms with E-state index in [1.54, 1.807) is 0 Å². The van der Waals surface area contributed by atoms with Crippen molar-refractivity contribution in [3.63, 3.8) is 0 Å². The van der Waals surface area contributed by atoms with Crippen LogP contribution in [0.25, 0.3) is 0 Å². The third-order valence-electron chi connectivity index (χ3n) is 2.54. The van der Waals surface area contributed by atoms with Crippen LogP contribution in [0.3, 0.4) is 0 Å². The van der Waals surface area contributed by atoms with Gasteiger partial charge in [-0.2, -0.15) is 0 Å². The van der Waals surface area contributed by atoms with Crippen molar-refractivity contribution < 1.29 is 14.3 Å². The Morgan fingerprint density at radius 3 is 2.81 bits per heavy atom. The van der Waals surface area contributed by atoms with Crippen molar-refractivity contribution in [2.45, 2.75) is 18.9 Å². The highest BCUT2D eigenvalue weighted by Gasteiger charge is 2.38. The first-order valence-corrected chi connectivity index (χ1v) is 6.28. The fourth-order valence-electron chi connectivity index (χ4n) is 1.54. The van der Waals surface area contributed by atoms with Crippen LogP contribution in [0.5, 0.6) is 5.75 Å². The zero-order valence-electron chi connectivity index (χ0n) is 8.98. The molecule has 1 aliphatic carbocycles. The van der Waals surface area contributed by atoms with Gasteiger partial charge in [-0.15, -0.1) is 0 Å². The van der Waals surface area contributed by atoms with Crippen LogP contribution >= 0.6 is 22.6 Å². The predicted molar refractivity (Wildman–Crippen MR) is 68.3 cm³/mol. The minimum atomic E-state index is -0.441. The van der Waals surface area contributed by atoms with Gasteiger partial charge in [0.15, 0.2) is 6.10 Å². The minimum absolute atomic E-state index is 0.277. The molecule has 4 heteroatoms. The number of carbonyl (C=O) groups excluding carboxylic acids is 1. The second kappa shape index (κ2) is 5.03. The van der Waals surface area contributed by atoms with Gasteiger partial charge in [-0.3, -0.25) is 0 Å². The summed E-state index contributed by atoms with van der Waals surface area (Å²) in [6, 6.07) is 7.68. The first-order chi connectivity index (χ1) is 7.70. The van der Waals surface area contributed by atoms with Gasteiger partial charge in [-0.25, -0.2) is 4.79 Å². The Bertz CT molecular complexity index is 388. The van der Waals surface area contributed by atoms with Crippen LogP contribution < -0.4 is 4.74 Å². The van der Waals surface area contributed by atoms with Crippen LogP contribution in [0.4, 0.5) is 0 Å². The summed E-state index contributed by atoms with van der Waals surface area (Å²) in [5.41, 5.74) is 0. The Hall–Kier alpha value is -0.780. The second-order valence-electron chi connectivity index (χ2n) is 3.86. The number of ether oxygens (including phenoxy) is 2. The molecule has 0 spiro atoms. The van der Waals surface area contributed by atoms with Crippen LogP contribution in [0.2, 0.25) is 0 Å². The highest BCUT2D eigenvalue weighted by molar-refractivity contribution is 14.1. The van der Waals surface area contributed by atoms with Gasteiger partial charge in [0.1, 0.15) is 5.75 Å². The lowest BCUT2D eigenvalue weighted by Gasteiger charge is -2.16. The quantitative estimate of drug-likeness (QED) is 0.628. The fourth-order valence-corrected chi connectivity index (χ4v) is 2.05. The maximum absolute atomic E-state index is 11.5. The van der Waals surface area contributed by atoms with Gasteiger partial charge in [0, 0.05) is 9.49 Å². The predicted octanol–water partition coefficient (Wildman–Crippen LogP) is 2.62. The van der Waals surface area contributed by atoms with E-state index in [9.17, 15) is 4.79 Å². The molecule has 1 aliphatic rings. The van der Waals surface area contributed by atoms with Crippen LogP contribution in [-0.4, -0.2) is 19.2 Å². The summed E-state index contributed by atoms with van der Waals surface area (Å²) in [6.45, 7) is 0. The Balaban J connectivity index is 2.08. The molecule has 1 saturated carbocycles. The molecule has 0 aliphatic heterocycles. The summed E-state index contributed by atoms with van der Waals surface area (Å²) in [5, 5.41) is 0. The molecule has 0 radical (unpaired) electrons. The number of hydrogen-bond donors (Lipinski definition) is 0. The number of methoxy groups -OCH3 is 1. The monoisotopic (exact) mass is 332 g/mol. The van der Waals surface area contributed by atoms with E-state index in [-0.39, 0.29) is 5.97 Å². The molecule has 1 unspecified atom stereocenters. The van der Waals surface area contributed by atoms with Crippen molar-refractivity contribution in [2.75, 3.05) is 7.11 Å². The van der Waals surface area contributed by atoms with E-state index in [1.165, 1.54) is 7.11 Å². The van der Waals surface area contributed by atoms with Gasteiger partial charge in [0.05, 0.1) is 7.11 Å². The average molecular weight is 332 g/mol. The maximum Gasteiger partial charge on any atom is 0.347 e. The van der Waals surface area contributed by atoms with E-state index in [0.29, 0.717) is 5.92 Å². The highest BCUT2D eigenvalue weighted by atomic mass is 127. The number of rotatable bonds is 4. The van der Waals surface area contributed by atoms with Crippen molar-refractivity contribution in [2.24, 2.45) is 5.92 Å². The Morgan fingerprint density at radius 2 is 2.25 bits per heavy atom. The summed E-state index contributed by atoms with van der Waals surface area (Å²) in [4.78, 5) is 11.5. The normalized spacial score (nSPS) is 16.6. The van der Waals surface area contributed by atoms with E-state index in [2.05, 4.69) is 22.6 Å². The van der Waals surface area contributed by atoms with Crippen LogP contribution in [0.15, 0.2) is 24.3 Å². The summed E-state index contributed by atoms with van der Waals surface area (Å²) in [7, 11) is 1.40. The molecule has 16 heavy (non-hydrogen) atoms. The molecule has 2 rings (SSSR count). The lowest BCUT2D eigenvalue weighted by atomic mass is 10.2. The number of benzene rings is 1. The van der Waals surface area contributed by atoms with Crippen molar-refractivity contribution in [1.29, 1.82) is 0 Å². The highest BCUT2D eigenvalue weighted by Crippen LogP contribution is 2.35. The molecular weight excluding hydrogens is 319 g/mol. The molecule has 1 atom stereocenters. The molecule has 0 bridgehead atoms. The third-order valence-corrected chi connectivity index (χ3v) is 3.21. The van der Waals surface area contributed by atoms with Gasteiger partial charge in [-0.1, -0.05) is 6.07 Å². The molecule has 86 valence electrons. The second-order valence-corrected chi connectivity index (χ2v) is 5.10. The van der Waals surface area contributed by atoms with Crippen molar-refractivity contribution in [3.8, 4) is 5.75 Å². The molecule has 1 aromatic rings. The number of esters is 1. The molecule has 0 N–H and O–H groups in total. The standard InChI is InChI=1S/C12H13IO3/c1-15-12(14)11(8-5-6-8)16-10-4-2-3-9(13)7-10/h2-4,7-8,11H,5-6H2,1H3. The SMILES string of the molecule is COC(=O)C(Oc1cccc(I)c1)C1CC1. The molecule has 1 fully saturated rings. The van der Waals surface area contributed by atoms with Gasteiger partial charge < -0.3 is 9.47 Å². The van der Waals surface area contributed by atoms with Gasteiger partial charge in [-0.05, 0) is 53.6 Å². The van der Waals surface area contributed by atoms with Crippen molar-refractivity contribution in [3.05, 3.63) is 27.8 Å². The van der Waals surface area contributed by atoms with Crippen LogP contribution in [0, 0.1) is 9.49 Å². The first-order valence-electron chi connectivity index (χ1n) is 5.21.